The van der Waals surface area contributed by atoms with E-state index in [9.17, 15) is 23.9 Å². The number of hydrogen-bond acceptors (Lipinski definition) is 4. The van der Waals surface area contributed by atoms with Gasteiger partial charge in [0.2, 0.25) is 0 Å². The van der Waals surface area contributed by atoms with E-state index in [1.165, 1.54) is 30.3 Å². The molecule has 0 spiro atoms. The highest BCUT2D eigenvalue weighted by atomic mass is 19.1. The number of barbiturate groups is 1. The number of urea groups is 1. The smallest absolute Gasteiger partial charge is 0.335 e. The number of carbonyl (C=O) groups excluding carboxylic acids is 3. The van der Waals surface area contributed by atoms with E-state index in [4.69, 9.17) is 0 Å². The van der Waals surface area contributed by atoms with Crippen molar-refractivity contribution in [1.82, 2.24) is 9.88 Å². The second-order valence-corrected chi connectivity index (χ2v) is 6.25. The molecule has 0 unspecified atom stereocenters. The van der Waals surface area contributed by atoms with Crippen molar-refractivity contribution in [2.75, 3.05) is 4.90 Å². The first kappa shape index (κ1) is 18.2. The van der Waals surface area contributed by atoms with Gasteiger partial charge in [-0.15, -0.1) is 0 Å². The molecule has 7 nitrogen and oxygen atoms in total. The van der Waals surface area contributed by atoms with Gasteiger partial charge in [-0.1, -0.05) is 0 Å². The first-order valence-corrected chi connectivity index (χ1v) is 8.58. The van der Waals surface area contributed by atoms with Gasteiger partial charge in [0.05, 0.1) is 5.69 Å². The fraction of sp³-hybridized carbons (Fsp3) is 0. The average molecular weight is 391 g/mol. The third-order valence-corrected chi connectivity index (χ3v) is 4.39. The Bertz CT molecular complexity index is 1150. The summed E-state index contributed by atoms with van der Waals surface area (Å²) in [5.74, 6) is -2.05. The van der Waals surface area contributed by atoms with Gasteiger partial charge in [-0.05, 0) is 66.7 Å². The minimum Gasteiger partial charge on any atom is -0.508 e. The normalized spacial score (nSPS) is 15.7. The molecule has 2 heterocycles. The maximum atomic E-state index is 13.2. The third-order valence-electron chi connectivity index (χ3n) is 4.39. The van der Waals surface area contributed by atoms with Crippen molar-refractivity contribution < 1.29 is 23.9 Å². The molecule has 4 amide bonds. The Balaban J connectivity index is 1.73. The number of nitrogens with zero attached hydrogens (tertiary/aromatic N) is 2. The number of imide groups is 2. The summed E-state index contributed by atoms with van der Waals surface area (Å²) in [6.07, 6.45) is 3.10. The fourth-order valence-corrected chi connectivity index (χ4v) is 2.99. The van der Waals surface area contributed by atoms with Crippen LogP contribution in [0.5, 0.6) is 5.75 Å². The van der Waals surface area contributed by atoms with Gasteiger partial charge in [0.1, 0.15) is 17.1 Å². The molecule has 0 saturated carbocycles. The van der Waals surface area contributed by atoms with Gasteiger partial charge in [0.15, 0.2) is 0 Å². The van der Waals surface area contributed by atoms with Gasteiger partial charge in [-0.25, -0.2) is 14.1 Å². The van der Waals surface area contributed by atoms with E-state index in [0.717, 1.165) is 17.0 Å². The summed E-state index contributed by atoms with van der Waals surface area (Å²) in [6.45, 7) is 0. The molecule has 2 N–H and O–H groups in total. The second-order valence-electron chi connectivity index (χ2n) is 6.25. The Morgan fingerprint density at radius 3 is 2.24 bits per heavy atom. The summed E-state index contributed by atoms with van der Waals surface area (Å²) in [5.41, 5.74) is 1.12. The van der Waals surface area contributed by atoms with E-state index in [0.29, 0.717) is 11.4 Å². The minimum absolute atomic E-state index is 0.107. The largest absolute Gasteiger partial charge is 0.508 e. The Morgan fingerprint density at radius 1 is 0.897 bits per heavy atom. The standard InChI is InChI=1S/C21H14FN3O4/c22-13-3-5-15(6-4-13)25-20(28)18(19(27)23-21(25)29)12-16-2-1-11-24(16)14-7-9-17(26)10-8-14/h1-12,26H,(H,23,27,29)/b18-12-. The molecule has 1 fully saturated rings. The van der Waals surface area contributed by atoms with Crippen LogP contribution in [0.1, 0.15) is 5.69 Å². The van der Waals surface area contributed by atoms with Crippen LogP contribution in [0.3, 0.4) is 0 Å². The quantitative estimate of drug-likeness (QED) is 0.530. The molecule has 3 aromatic rings. The molecular formula is C21H14FN3O4. The minimum atomic E-state index is -0.905. The number of aromatic hydroxyl groups is 1. The molecule has 29 heavy (non-hydrogen) atoms. The number of phenols is 1. The number of nitrogens with one attached hydrogen (secondary N) is 1. The molecule has 8 heteroatoms. The predicted octanol–water partition coefficient (Wildman–Crippen LogP) is 2.99. The average Bonchev–Trinajstić information content (AvgIpc) is 3.15. The van der Waals surface area contributed by atoms with Crippen molar-refractivity contribution >= 4 is 29.6 Å². The lowest BCUT2D eigenvalue weighted by Gasteiger charge is -2.26. The van der Waals surface area contributed by atoms with Crippen LogP contribution in [-0.4, -0.2) is 27.5 Å². The van der Waals surface area contributed by atoms with Crippen molar-refractivity contribution in [1.29, 1.82) is 0 Å². The van der Waals surface area contributed by atoms with Crippen LogP contribution in [0, 0.1) is 5.82 Å². The van der Waals surface area contributed by atoms with Crippen LogP contribution in [0.2, 0.25) is 0 Å². The molecule has 1 saturated heterocycles. The van der Waals surface area contributed by atoms with Crippen LogP contribution < -0.4 is 10.2 Å². The highest BCUT2D eigenvalue weighted by Gasteiger charge is 2.37. The summed E-state index contributed by atoms with van der Waals surface area (Å²) in [5, 5.41) is 11.6. The van der Waals surface area contributed by atoms with E-state index in [2.05, 4.69) is 5.32 Å². The lowest BCUT2D eigenvalue weighted by atomic mass is 10.1. The number of hydrogen-bond donors (Lipinski definition) is 2. The Kier molecular flexibility index (Phi) is 4.44. The summed E-state index contributed by atoms with van der Waals surface area (Å²) in [6, 6.07) is 13.7. The zero-order valence-corrected chi connectivity index (χ0v) is 14.9. The molecule has 144 valence electrons. The van der Waals surface area contributed by atoms with Gasteiger partial charge < -0.3 is 9.67 Å². The first-order chi connectivity index (χ1) is 13.9. The molecule has 0 atom stereocenters. The van der Waals surface area contributed by atoms with E-state index in [1.807, 2.05) is 0 Å². The number of amides is 4. The fourth-order valence-electron chi connectivity index (χ4n) is 2.99. The zero-order valence-electron chi connectivity index (χ0n) is 14.9. The third kappa shape index (κ3) is 3.39. The maximum absolute atomic E-state index is 13.2. The molecule has 1 aromatic heterocycles. The second kappa shape index (κ2) is 7.08. The van der Waals surface area contributed by atoms with E-state index >= 15 is 0 Å². The van der Waals surface area contributed by atoms with Crippen molar-refractivity contribution in [3.05, 3.63) is 83.9 Å². The number of halogens is 1. The first-order valence-electron chi connectivity index (χ1n) is 8.58. The highest BCUT2D eigenvalue weighted by molar-refractivity contribution is 6.39. The van der Waals surface area contributed by atoms with Gasteiger partial charge in [0.25, 0.3) is 11.8 Å². The van der Waals surface area contributed by atoms with E-state index in [1.54, 1.807) is 35.0 Å². The summed E-state index contributed by atoms with van der Waals surface area (Å²) in [7, 11) is 0. The molecule has 0 aliphatic carbocycles. The lowest BCUT2D eigenvalue weighted by Crippen LogP contribution is -2.54. The summed E-state index contributed by atoms with van der Waals surface area (Å²) >= 11 is 0. The predicted molar refractivity (Wildman–Crippen MR) is 103 cm³/mol. The SMILES string of the molecule is O=C1NC(=O)N(c2ccc(F)cc2)C(=O)/C1=C\c1cccn1-c1ccc(O)cc1. The van der Waals surface area contributed by atoms with Crippen LogP contribution in [0.15, 0.2) is 72.4 Å². The Morgan fingerprint density at radius 2 is 1.55 bits per heavy atom. The molecule has 4 rings (SSSR count). The Labute approximate surface area is 164 Å². The van der Waals surface area contributed by atoms with E-state index in [-0.39, 0.29) is 17.0 Å². The molecule has 0 bridgehead atoms. The van der Waals surface area contributed by atoms with Crippen LogP contribution in [0.4, 0.5) is 14.9 Å². The van der Waals surface area contributed by atoms with E-state index < -0.39 is 23.7 Å². The number of benzene rings is 2. The van der Waals surface area contributed by atoms with Gasteiger partial charge in [0, 0.05) is 17.6 Å². The highest BCUT2D eigenvalue weighted by Crippen LogP contribution is 2.23. The van der Waals surface area contributed by atoms with Gasteiger partial charge in [-0.3, -0.25) is 14.9 Å². The molecule has 0 radical (unpaired) electrons. The molecule has 2 aromatic carbocycles. The Hall–Kier alpha value is -4.20. The number of aromatic nitrogens is 1. The van der Waals surface area contributed by atoms with Crippen LogP contribution >= 0.6 is 0 Å². The number of anilines is 1. The summed E-state index contributed by atoms with van der Waals surface area (Å²) in [4.78, 5) is 38.2. The number of carbonyl (C=O) groups is 3. The van der Waals surface area contributed by atoms with Crippen LogP contribution in [0.25, 0.3) is 11.8 Å². The van der Waals surface area contributed by atoms with Crippen LogP contribution in [-0.2, 0) is 9.59 Å². The topological polar surface area (TPSA) is 91.6 Å². The number of rotatable bonds is 3. The molecular weight excluding hydrogens is 377 g/mol. The van der Waals surface area contributed by atoms with Gasteiger partial charge in [-0.2, -0.15) is 0 Å². The van der Waals surface area contributed by atoms with Crippen molar-refractivity contribution in [3.63, 3.8) is 0 Å². The van der Waals surface area contributed by atoms with Crippen molar-refractivity contribution in [3.8, 4) is 11.4 Å². The van der Waals surface area contributed by atoms with Gasteiger partial charge >= 0.3 is 6.03 Å². The molecule has 1 aliphatic rings. The maximum Gasteiger partial charge on any atom is 0.335 e. The van der Waals surface area contributed by atoms with Crippen molar-refractivity contribution in [2.24, 2.45) is 0 Å². The molecule has 1 aliphatic heterocycles. The van der Waals surface area contributed by atoms with Crippen molar-refractivity contribution in [2.45, 2.75) is 0 Å². The summed E-state index contributed by atoms with van der Waals surface area (Å²) < 4.78 is 14.9. The monoisotopic (exact) mass is 391 g/mol. The number of phenolic OH excluding ortho intramolecular Hbond substituents is 1. The lowest BCUT2D eigenvalue weighted by molar-refractivity contribution is -0.122. The zero-order chi connectivity index (χ0) is 20.5.